The zero-order valence-electron chi connectivity index (χ0n) is 14.2. The first-order valence-electron chi connectivity index (χ1n) is 8.43. The van der Waals surface area contributed by atoms with Gasteiger partial charge in [0.15, 0.2) is 0 Å². The number of aryl methyl sites for hydroxylation is 1. The van der Waals surface area contributed by atoms with Crippen LogP contribution in [0, 0.1) is 0 Å². The summed E-state index contributed by atoms with van der Waals surface area (Å²) < 4.78 is 0. The fraction of sp³-hybridized carbons (Fsp3) is 0.136. The monoisotopic (exact) mass is 347 g/mol. The average Bonchev–Trinajstić information content (AvgIpc) is 2.68. The van der Waals surface area contributed by atoms with E-state index in [0.717, 1.165) is 28.1 Å². The minimum absolute atomic E-state index is 0.000882. The Morgan fingerprint density at radius 2 is 1.48 bits per heavy atom. The number of para-hydroxylation sites is 1. The van der Waals surface area contributed by atoms with Crippen molar-refractivity contribution in [1.29, 1.82) is 0 Å². The second kappa shape index (κ2) is 8.54. The Bertz CT molecular complexity index is 818. The Morgan fingerprint density at radius 3 is 2.16 bits per heavy atom. The SMILES string of the molecule is CCc1ccccc1NC(=O)[C@H](Sc1ccccc1)c1ccccc1. The van der Waals surface area contributed by atoms with Crippen molar-refractivity contribution in [3.8, 4) is 0 Å². The summed E-state index contributed by atoms with van der Waals surface area (Å²) in [6, 6.07) is 27.9. The first-order chi connectivity index (χ1) is 12.3. The van der Waals surface area contributed by atoms with Crippen LogP contribution in [0.3, 0.4) is 0 Å². The Balaban J connectivity index is 1.87. The summed E-state index contributed by atoms with van der Waals surface area (Å²) in [7, 11) is 0. The second-order valence-electron chi connectivity index (χ2n) is 5.72. The van der Waals surface area contributed by atoms with Gasteiger partial charge in [-0.25, -0.2) is 0 Å². The van der Waals surface area contributed by atoms with E-state index >= 15 is 0 Å². The van der Waals surface area contributed by atoms with Gasteiger partial charge in [-0.05, 0) is 35.7 Å². The minimum Gasteiger partial charge on any atom is -0.325 e. The molecule has 0 saturated carbocycles. The Hall–Kier alpha value is -2.52. The van der Waals surface area contributed by atoms with E-state index in [-0.39, 0.29) is 11.2 Å². The number of carbonyl (C=O) groups excluding carboxylic acids is 1. The van der Waals surface area contributed by atoms with Crippen LogP contribution >= 0.6 is 11.8 Å². The van der Waals surface area contributed by atoms with E-state index in [4.69, 9.17) is 0 Å². The van der Waals surface area contributed by atoms with E-state index < -0.39 is 0 Å². The van der Waals surface area contributed by atoms with Gasteiger partial charge in [-0.15, -0.1) is 11.8 Å². The molecule has 1 N–H and O–H groups in total. The minimum atomic E-state index is -0.298. The van der Waals surface area contributed by atoms with E-state index in [2.05, 4.69) is 18.3 Å². The summed E-state index contributed by atoms with van der Waals surface area (Å²) in [5.41, 5.74) is 3.04. The number of benzene rings is 3. The van der Waals surface area contributed by atoms with Crippen LogP contribution in [0.2, 0.25) is 0 Å². The highest BCUT2D eigenvalue weighted by molar-refractivity contribution is 8.00. The molecule has 25 heavy (non-hydrogen) atoms. The molecule has 0 unspecified atom stereocenters. The Labute approximate surface area is 153 Å². The zero-order valence-corrected chi connectivity index (χ0v) is 15.0. The maximum atomic E-state index is 13.1. The van der Waals surface area contributed by atoms with Crippen molar-refractivity contribution in [2.24, 2.45) is 0 Å². The lowest BCUT2D eigenvalue weighted by Gasteiger charge is -2.18. The van der Waals surface area contributed by atoms with Crippen LogP contribution in [0.4, 0.5) is 5.69 Å². The zero-order chi connectivity index (χ0) is 17.5. The van der Waals surface area contributed by atoms with Crippen molar-refractivity contribution >= 4 is 23.4 Å². The van der Waals surface area contributed by atoms with E-state index in [9.17, 15) is 4.79 Å². The molecule has 0 saturated heterocycles. The quantitative estimate of drug-likeness (QED) is 0.578. The van der Waals surface area contributed by atoms with Crippen LogP contribution < -0.4 is 5.32 Å². The molecular formula is C22H21NOS. The number of hydrogen-bond acceptors (Lipinski definition) is 2. The normalized spacial score (nSPS) is 11.7. The van der Waals surface area contributed by atoms with Gasteiger partial charge < -0.3 is 5.32 Å². The first kappa shape index (κ1) is 17.3. The highest BCUT2D eigenvalue weighted by Crippen LogP contribution is 2.36. The summed E-state index contributed by atoms with van der Waals surface area (Å²) in [4.78, 5) is 14.1. The predicted octanol–water partition coefficient (Wildman–Crippen LogP) is 5.72. The van der Waals surface area contributed by atoms with Crippen LogP contribution in [0.5, 0.6) is 0 Å². The number of hydrogen-bond donors (Lipinski definition) is 1. The average molecular weight is 347 g/mol. The molecule has 126 valence electrons. The molecule has 0 aliphatic rings. The third kappa shape index (κ3) is 4.52. The van der Waals surface area contributed by atoms with Crippen molar-refractivity contribution in [2.75, 3.05) is 5.32 Å². The van der Waals surface area contributed by atoms with Gasteiger partial charge in [0.25, 0.3) is 0 Å². The molecule has 0 aromatic heterocycles. The maximum Gasteiger partial charge on any atom is 0.242 e. The van der Waals surface area contributed by atoms with E-state index in [1.807, 2.05) is 78.9 Å². The lowest BCUT2D eigenvalue weighted by atomic mass is 10.1. The third-order valence-electron chi connectivity index (χ3n) is 3.99. The molecule has 0 heterocycles. The maximum absolute atomic E-state index is 13.1. The smallest absolute Gasteiger partial charge is 0.242 e. The van der Waals surface area contributed by atoms with Crippen molar-refractivity contribution in [3.05, 3.63) is 96.1 Å². The predicted molar refractivity (Wildman–Crippen MR) is 106 cm³/mol. The van der Waals surface area contributed by atoms with E-state index in [1.54, 1.807) is 11.8 Å². The second-order valence-corrected chi connectivity index (χ2v) is 6.90. The number of anilines is 1. The lowest BCUT2D eigenvalue weighted by molar-refractivity contribution is -0.115. The van der Waals surface area contributed by atoms with E-state index in [0.29, 0.717) is 0 Å². The summed E-state index contributed by atoms with van der Waals surface area (Å²) in [5, 5.41) is 2.82. The van der Waals surface area contributed by atoms with Crippen molar-refractivity contribution in [1.82, 2.24) is 0 Å². The molecule has 0 fully saturated rings. The molecular weight excluding hydrogens is 326 g/mol. The van der Waals surface area contributed by atoms with Crippen LogP contribution in [0.15, 0.2) is 89.8 Å². The molecule has 0 spiro atoms. The molecule has 3 aromatic carbocycles. The van der Waals surface area contributed by atoms with Crippen molar-refractivity contribution in [2.45, 2.75) is 23.5 Å². The van der Waals surface area contributed by atoms with Gasteiger partial charge in [0.05, 0.1) is 0 Å². The highest BCUT2D eigenvalue weighted by atomic mass is 32.2. The lowest BCUT2D eigenvalue weighted by Crippen LogP contribution is -2.19. The van der Waals surface area contributed by atoms with Crippen LogP contribution in [0.25, 0.3) is 0 Å². The Kier molecular flexibility index (Phi) is 5.91. The molecule has 1 atom stereocenters. The van der Waals surface area contributed by atoms with Gasteiger partial charge in [-0.3, -0.25) is 4.79 Å². The van der Waals surface area contributed by atoms with Crippen LogP contribution in [-0.4, -0.2) is 5.91 Å². The molecule has 1 amide bonds. The van der Waals surface area contributed by atoms with Gasteiger partial charge in [-0.1, -0.05) is 73.7 Å². The van der Waals surface area contributed by atoms with Crippen molar-refractivity contribution in [3.63, 3.8) is 0 Å². The van der Waals surface area contributed by atoms with Crippen molar-refractivity contribution < 1.29 is 4.79 Å². The van der Waals surface area contributed by atoms with Gasteiger partial charge in [0, 0.05) is 10.6 Å². The fourth-order valence-corrected chi connectivity index (χ4v) is 3.73. The summed E-state index contributed by atoms with van der Waals surface area (Å²) in [6.07, 6.45) is 0.887. The number of thioether (sulfide) groups is 1. The standard InChI is InChI=1S/C22H21NOS/c1-2-17-11-9-10-16-20(17)23-22(24)21(18-12-5-3-6-13-18)25-19-14-7-4-8-15-19/h3-16,21H,2H2,1H3,(H,23,24)/t21-/m1/s1. The highest BCUT2D eigenvalue weighted by Gasteiger charge is 2.22. The first-order valence-corrected chi connectivity index (χ1v) is 9.31. The molecule has 0 aliphatic carbocycles. The fourth-order valence-electron chi connectivity index (χ4n) is 2.68. The number of carbonyl (C=O) groups is 1. The largest absolute Gasteiger partial charge is 0.325 e. The molecule has 3 rings (SSSR count). The molecule has 0 bridgehead atoms. The van der Waals surface area contributed by atoms with Crippen LogP contribution in [0.1, 0.15) is 23.3 Å². The number of nitrogens with one attached hydrogen (secondary N) is 1. The molecule has 3 aromatic rings. The van der Waals surface area contributed by atoms with Crippen LogP contribution in [-0.2, 0) is 11.2 Å². The van der Waals surface area contributed by atoms with Gasteiger partial charge in [0.2, 0.25) is 5.91 Å². The summed E-state index contributed by atoms with van der Waals surface area (Å²) >= 11 is 1.57. The van der Waals surface area contributed by atoms with E-state index in [1.165, 1.54) is 0 Å². The van der Waals surface area contributed by atoms with Gasteiger partial charge >= 0.3 is 0 Å². The topological polar surface area (TPSA) is 29.1 Å². The third-order valence-corrected chi connectivity index (χ3v) is 5.26. The van der Waals surface area contributed by atoms with Gasteiger partial charge in [-0.2, -0.15) is 0 Å². The molecule has 2 nitrogen and oxygen atoms in total. The summed E-state index contributed by atoms with van der Waals surface area (Å²) in [6.45, 7) is 2.10. The number of amides is 1. The van der Waals surface area contributed by atoms with Gasteiger partial charge in [0.1, 0.15) is 5.25 Å². The molecule has 3 heteroatoms. The molecule has 0 radical (unpaired) electrons. The number of rotatable bonds is 6. The summed E-state index contributed by atoms with van der Waals surface area (Å²) in [5.74, 6) is 0.000882. The molecule has 0 aliphatic heterocycles. The Morgan fingerprint density at radius 1 is 0.880 bits per heavy atom.